The fraction of sp³-hybridized carbons (Fsp3) is 0.450. The van der Waals surface area contributed by atoms with Crippen molar-refractivity contribution in [1.29, 1.82) is 0 Å². The van der Waals surface area contributed by atoms with Crippen LogP contribution in [0.5, 0.6) is 0 Å². The number of aryl methyl sites for hydroxylation is 2. The van der Waals surface area contributed by atoms with Crippen LogP contribution in [-0.2, 0) is 11.3 Å². The Labute approximate surface area is 137 Å². The van der Waals surface area contributed by atoms with E-state index in [1.165, 1.54) is 28.8 Å². The highest BCUT2D eigenvalue weighted by atomic mass is 16.2. The number of amides is 1. The zero-order valence-corrected chi connectivity index (χ0v) is 14.0. The summed E-state index contributed by atoms with van der Waals surface area (Å²) >= 11 is 0. The van der Waals surface area contributed by atoms with E-state index in [0.29, 0.717) is 5.91 Å². The van der Waals surface area contributed by atoms with Crippen molar-refractivity contribution in [3.05, 3.63) is 58.9 Å². The quantitative estimate of drug-likeness (QED) is 0.827. The largest absolute Gasteiger partial charge is 0.348 e. The number of benzene rings is 1. The lowest BCUT2D eigenvalue weighted by molar-refractivity contribution is -0.141. The average Bonchev–Trinajstić information content (AvgIpc) is 2.93. The van der Waals surface area contributed by atoms with Gasteiger partial charge in [0, 0.05) is 30.9 Å². The summed E-state index contributed by atoms with van der Waals surface area (Å²) in [5.41, 5.74) is 5.06. The molecule has 3 heteroatoms. The van der Waals surface area contributed by atoms with Gasteiger partial charge in [0.2, 0.25) is 5.91 Å². The van der Waals surface area contributed by atoms with E-state index in [1.54, 1.807) is 0 Å². The van der Waals surface area contributed by atoms with E-state index in [0.717, 1.165) is 25.9 Å². The molecule has 0 saturated heterocycles. The molecule has 1 aromatic heterocycles. The highest BCUT2D eigenvalue weighted by molar-refractivity contribution is 5.80. The minimum absolute atomic E-state index is 0.0625. The fourth-order valence-corrected chi connectivity index (χ4v) is 3.97. The fourth-order valence-electron chi connectivity index (χ4n) is 3.97. The van der Waals surface area contributed by atoms with Crippen LogP contribution in [-0.4, -0.2) is 21.9 Å². The van der Waals surface area contributed by atoms with Gasteiger partial charge in [-0.1, -0.05) is 30.2 Å². The standard InChI is InChI=1S/C20H24N2O/c1-14-8-9-17(15(2)13-14)19-18-7-4-10-21(18)11-12-22(19)20(23)16-5-3-6-16/h4,7-10,13,16,19H,3,5-6,11-12H2,1-2H3. The van der Waals surface area contributed by atoms with Crippen molar-refractivity contribution in [2.75, 3.05) is 6.54 Å². The van der Waals surface area contributed by atoms with Crippen LogP contribution in [0.3, 0.4) is 0 Å². The Morgan fingerprint density at radius 2 is 1.96 bits per heavy atom. The maximum atomic E-state index is 13.0. The van der Waals surface area contributed by atoms with Gasteiger partial charge in [0.15, 0.2) is 0 Å². The van der Waals surface area contributed by atoms with Gasteiger partial charge in [-0.25, -0.2) is 0 Å². The van der Waals surface area contributed by atoms with E-state index in [-0.39, 0.29) is 12.0 Å². The van der Waals surface area contributed by atoms with Crippen LogP contribution in [0.1, 0.15) is 47.7 Å². The molecule has 1 amide bonds. The molecule has 0 N–H and O–H groups in total. The SMILES string of the molecule is Cc1ccc(C2c3cccn3CCN2C(=O)C2CCC2)c(C)c1. The van der Waals surface area contributed by atoms with Gasteiger partial charge in [-0.2, -0.15) is 0 Å². The topological polar surface area (TPSA) is 25.2 Å². The third-order valence-corrected chi connectivity index (χ3v) is 5.50. The van der Waals surface area contributed by atoms with Crippen molar-refractivity contribution in [2.24, 2.45) is 5.92 Å². The van der Waals surface area contributed by atoms with E-state index in [9.17, 15) is 4.79 Å². The van der Waals surface area contributed by atoms with Crippen LogP contribution in [0.4, 0.5) is 0 Å². The second-order valence-electron chi connectivity index (χ2n) is 7.05. The summed E-state index contributed by atoms with van der Waals surface area (Å²) in [7, 11) is 0. The molecular formula is C20H24N2O. The molecule has 23 heavy (non-hydrogen) atoms. The minimum Gasteiger partial charge on any atom is -0.348 e. The van der Waals surface area contributed by atoms with E-state index in [1.807, 2.05) is 0 Å². The molecule has 1 saturated carbocycles. The summed E-state index contributed by atoms with van der Waals surface area (Å²) in [5, 5.41) is 0. The number of nitrogens with zero attached hydrogens (tertiary/aromatic N) is 2. The van der Waals surface area contributed by atoms with Crippen molar-refractivity contribution in [3.63, 3.8) is 0 Å². The lowest BCUT2D eigenvalue weighted by Crippen LogP contribution is -2.46. The zero-order valence-electron chi connectivity index (χ0n) is 14.0. The molecule has 120 valence electrons. The van der Waals surface area contributed by atoms with Crippen LogP contribution in [0.25, 0.3) is 0 Å². The van der Waals surface area contributed by atoms with Crippen LogP contribution in [0.2, 0.25) is 0 Å². The zero-order chi connectivity index (χ0) is 16.0. The maximum absolute atomic E-state index is 13.0. The summed E-state index contributed by atoms with van der Waals surface area (Å²) in [5.74, 6) is 0.610. The predicted octanol–water partition coefficient (Wildman–Crippen LogP) is 3.84. The van der Waals surface area contributed by atoms with Gasteiger partial charge in [-0.15, -0.1) is 0 Å². The molecule has 1 aliphatic heterocycles. The molecule has 0 radical (unpaired) electrons. The molecule has 1 unspecified atom stereocenters. The highest BCUT2D eigenvalue weighted by Crippen LogP contribution is 2.38. The third-order valence-electron chi connectivity index (χ3n) is 5.50. The number of carbonyl (C=O) groups is 1. The number of hydrogen-bond acceptors (Lipinski definition) is 1. The Morgan fingerprint density at radius 1 is 1.13 bits per heavy atom. The average molecular weight is 308 g/mol. The first-order valence-corrected chi connectivity index (χ1v) is 8.68. The Balaban J connectivity index is 1.78. The molecule has 1 aliphatic carbocycles. The van der Waals surface area contributed by atoms with Gasteiger partial charge in [0.05, 0.1) is 6.04 Å². The van der Waals surface area contributed by atoms with Crippen LogP contribution >= 0.6 is 0 Å². The number of fused-ring (bicyclic) bond motifs is 1. The summed E-state index contributed by atoms with van der Waals surface area (Å²) in [6.45, 7) is 6.01. The summed E-state index contributed by atoms with van der Waals surface area (Å²) < 4.78 is 2.30. The molecule has 0 spiro atoms. The molecule has 4 rings (SSSR count). The molecule has 2 aromatic rings. The van der Waals surface area contributed by atoms with Gasteiger partial charge < -0.3 is 9.47 Å². The van der Waals surface area contributed by atoms with Gasteiger partial charge in [-0.3, -0.25) is 4.79 Å². The van der Waals surface area contributed by atoms with Crippen LogP contribution in [0, 0.1) is 19.8 Å². The van der Waals surface area contributed by atoms with Crippen LogP contribution in [0.15, 0.2) is 36.5 Å². The predicted molar refractivity (Wildman–Crippen MR) is 91.2 cm³/mol. The summed E-state index contributed by atoms with van der Waals surface area (Å²) in [4.78, 5) is 15.1. The molecule has 2 heterocycles. The number of carbonyl (C=O) groups excluding carboxylic acids is 1. The smallest absolute Gasteiger partial charge is 0.226 e. The van der Waals surface area contributed by atoms with E-state index in [2.05, 4.69) is 59.8 Å². The minimum atomic E-state index is 0.0625. The van der Waals surface area contributed by atoms with E-state index >= 15 is 0 Å². The first kappa shape index (κ1) is 14.6. The van der Waals surface area contributed by atoms with Crippen molar-refractivity contribution in [3.8, 4) is 0 Å². The third kappa shape index (κ3) is 2.39. The lowest BCUT2D eigenvalue weighted by Gasteiger charge is -2.41. The first-order chi connectivity index (χ1) is 11.1. The molecule has 0 bridgehead atoms. The lowest BCUT2D eigenvalue weighted by atomic mass is 9.83. The van der Waals surface area contributed by atoms with Crippen molar-refractivity contribution < 1.29 is 4.79 Å². The second kappa shape index (κ2) is 5.55. The molecule has 2 aliphatic rings. The maximum Gasteiger partial charge on any atom is 0.226 e. The van der Waals surface area contributed by atoms with Crippen molar-refractivity contribution >= 4 is 5.91 Å². The monoisotopic (exact) mass is 308 g/mol. The summed E-state index contributed by atoms with van der Waals surface area (Å²) in [6.07, 6.45) is 5.47. The Morgan fingerprint density at radius 3 is 2.65 bits per heavy atom. The molecule has 1 fully saturated rings. The molecular weight excluding hydrogens is 284 g/mol. The Kier molecular flexibility index (Phi) is 3.51. The van der Waals surface area contributed by atoms with Crippen molar-refractivity contribution in [1.82, 2.24) is 9.47 Å². The van der Waals surface area contributed by atoms with Gasteiger partial charge in [0.25, 0.3) is 0 Å². The van der Waals surface area contributed by atoms with Gasteiger partial charge in [-0.05, 0) is 49.9 Å². The number of rotatable bonds is 2. The number of aromatic nitrogens is 1. The highest BCUT2D eigenvalue weighted by Gasteiger charge is 2.37. The van der Waals surface area contributed by atoms with Gasteiger partial charge >= 0.3 is 0 Å². The Bertz CT molecular complexity index is 742. The molecule has 1 atom stereocenters. The van der Waals surface area contributed by atoms with Crippen LogP contribution < -0.4 is 0 Å². The van der Waals surface area contributed by atoms with E-state index < -0.39 is 0 Å². The normalized spacial score (nSPS) is 21.0. The molecule has 1 aromatic carbocycles. The van der Waals surface area contributed by atoms with Gasteiger partial charge in [0.1, 0.15) is 0 Å². The second-order valence-corrected chi connectivity index (χ2v) is 7.05. The number of hydrogen-bond donors (Lipinski definition) is 0. The summed E-state index contributed by atoms with van der Waals surface area (Å²) in [6, 6.07) is 10.9. The Hall–Kier alpha value is -2.03. The first-order valence-electron chi connectivity index (χ1n) is 8.68. The molecule has 3 nitrogen and oxygen atoms in total. The van der Waals surface area contributed by atoms with Crippen molar-refractivity contribution in [2.45, 2.75) is 45.7 Å². The van der Waals surface area contributed by atoms with E-state index in [4.69, 9.17) is 0 Å².